The molecule has 0 aliphatic rings. The molecule has 0 bridgehead atoms. The quantitative estimate of drug-likeness (QED) is 0.539. The fraction of sp³-hybridized carbons (Fsp3) is 0.125. The number of carbonyl (C=O) groups excluding carboxylic acids is 1. The zero-order chi connectivity index (χ0) is 21.1. The summed E-state index contributed by atoms with van der Waals surface area (Å²) in [5.74, 6) is -0.0304. The Morgan fingerprint density at radius 1 is 1.07 bits per heavy atom. The van der Waals surface area contributed by atoms with Crippen molar-refractivity contribution >= 4 is 11.6 Å². The fourth-order valence-electron chi connectivity index (χ4n) is 3.41. The van der Waals surface area contributed by atoms with Crippen molar-refractivity contribution in [3.8, 4) is 11.5 Å². The van der Waals surface area contributed by atoms with E-state index in [1.54, 1.807) is 24.4 Å². The molecular weight excluding hydrogens is 378 g/mol. The van der Waals surface area contributed by atoms with Gasteiger partial charge in [-0.3, -0.25) is 14.6 Å². The number of furan rings is 1. The highest BCUT2D eigenvalue weighted by Gasteiger charge is 2.24. The predicted octanol–water partition coefficient (Wildman–Crippen LogP) is 4.42. The Morgan fingerprint density at radius 2 is 1.87 bits per heavy atom. The predicted molar refractivity (Wildman–Crippen MR) is 116 cm³/mol. The Bertz CT molecular complexity index is 1240. The standard InChI is InChI=1S/C24H21N3O3/c1-16-8-3-4-10-19(16)26-24(29)22-20(28)14-17(2)27(15-18-9-5-6-12-25-18)23(22)21-11-7-13-30-21/h3-14H,15H2,1-2H3,(H,26,29). The van der Waals surface area contributed by atoms with Crippen molar-refractivity contribution in [1.82, 2.24) is 9.55 Å². The second-order valence-corrected chi connectivity index (χ2v) is 7.03. The van der Waals surface area contributed by atoms with E-state index >= 15 is 0 Å². The first-order valence-electron chi connectivity index (χ1n) is 9.60. The van der Waals surface area contributed by atoms with E-state index in [2.05, 4.69) is 10.3 Å². The van der Waals surface area contributed by atoms with Gasteiger partial charge in [-0.05, 0) is 49.7 Å². The summed E-state index contributed by atoms with van der Waals surface area (Å²) in [6.07, 6.45) is 3.24. The molecule has 1 N–H and O–H groups in total. The molecule has 6 nitrogen and oxygen atoms in total. The summed E-state index contributed by atoms with van der Waals surface area (Å²) in [5, 5.41) is 2.87. The molecule has 0 fully saturated rings. The maximum atomic E-state index is 13.2. The van der Waals surface area contributed by atoms with E-state index in [-0.39, 0.29) is 11.0 Å². The van der Waals surface area contributed by atoms with Crippen LogP contribution in [0.5, 0.6) is 0 Å². The minimum absolute atomic E-state index is 0.0368. The van der Waals surface area contributed by atoms with E-state index in [4.69, 9.17) is 4.42 Å². The lowest BCUT2D eigenvalue weighted by Gasteiger charge is -2.19. The Morgan fingerprint density at radius 3 is 2.57 bits per heavy atom. The first-order valence-corrected chi connectivity index (χ1v) is 9.60. The lowest BCUT2D eigenvalue weighted by molar-refractivity contribution is 0.102. The molecule has 150 valence electrons. The van der Waals surface area contributed by atoms with Crippen LogP contribution in [0.3, 0.4) is 0 Å². The van der Waals surface area contributed by atoms with Crippen LogP contribution < -0.4 is 10.7 Å². The molecule has 4 rings (SSSR count). The number of aryl methyl sites for hydroxylation is 2. The Labute approximate surface area is 173 Å². The highest BCUT2D eigenvalue weighted by Crippen LogP contribution is 2.26. The van der Waals surface area contributed by atoms with Gasteiger partial charge in [0.1, 0.15) is 11.3 Å². The summed E-state index contributed by atoms with van der Waals surface area (Å²) in [5.41, 5.74) is 3.20. The molecule has 3 aromatic heterocycles. The third-order valence-electron chi connectivity index (χ3n) is 4.94. The van der Waals surface area contributed by atoms with Gasteiger partial charge in [-0.1, -0.05) is 24.3 Å². The van der Waals surface area contributed by atoms with Crippen LogP contribution in [0.2, 0.25) is 0 Å². The number of hydrogen-bond acceptors (Lipinski definition) is 4. The van der Waals surface area contributed by atoms with Crippen LogP contribution in [-0.2, 0) is 6.54 Å². The second-order valence-electron chi connectivity index (χ2n) is 7.03. The molecule has 1 amide bonds. The summed E-state index contributed by atoms with van der Waals surface area (Å²) in [6.45, 7) is 4.13. The van der Waals surface area contributed by atoms with Crippen LogP contribution in [0.1, 0.15) is 27.3 Å². The molecule has 3 heterocycles. The Hall–Kier alpha value is -3.93. The molecule has 6 heteroatoms. The number of para-hydroxylation sites is 1. The first kappa shape index (κ1) is 19.4. The highest BCUT2D eigenvalue weighted by atomic mass is 16.3. The maximum Gasteiger partial charge on any atom is 0.261 e. The van der Waals surface area contributed by atoms with E-state index in [1.165, 1.54) is 12.3 Å². The van der Waals surface area contributed by atoms with Gasteiger partial charge in [-0.15, -0.1) is 0 Å². The fourth-order valence-corrected chi connectivity index (χ4v) is 3.41. The van der Waals surface area contributed by atoms with Crippen molar-refractivity contribution in [2.75, 3.05) is 5.32 Å². The largest absolute Gasteiger partial charge is 0.463 e. The number of benzene rings is 1. The molecule has 1 aromatic carbocycles. The summed E-state index contributed by atoms with van der Waals surface area (Å²) < 4.78 is 7.50. The van der Waals surface area contributed by atoms with Gasteiger partial charge in [-0.2, -0.15) is 0 Å². The summed E-state index contributed by atoms with van der Waals surface area (Å²) in [6, 6.07) is 18.0. The number of hydrogen-bond donors (Lipinski definition) is 1. The van der Waals surface area contributed by atoms with Gasteiger partial charge < -0.3 is 14.3 Å². The van der Waals surface area contributed by atoms with E-state index in [0.717, 1.165) is 11.3 Å². The van der Waals surface area contributed by atoms with Crippen LogP contribution >= 0.6 is 0 Å². The average molecular weight is 399 g/mol. The number of amides is 1. The molecule has 4 aromatic rings. The normalized spacial score (nSPS) is 10.7. The summed E-state index contributed by atoms with van der Waals surface area (Å²) in [7, 11) is 0. The summed E-state index contributed by atoms with van der Waals surface area (Å²) in [4.78, 5) is 30.6. The van der Waals surface area contributed by atoms with E-state index in [0.29, 0.717) is 29.4 Å². The number of nitrogens with one attached hydrogen (secondary N) is 1. The molecular formula is C24H21N3O3. The van der Waals surface area contributed by atoms with Crippen LogP contribution in [0, 0.1) is 13.8 Å². The topological polar surface area (TPSA) is 77.1 Å². The molecule has 0 radical (unpaired) electrons. The van der Waals surface area contributed by atoms with Crippen molar-refractivity contribution in [2.24, 2.45) is 0 Å². The highest BCUT2D eigenvalue weighted by molar-refractivity contribution is 6.08. The number of carbonyl (C=O) groups is 1. The monoisotopic (exact) mass is 399 g/mol. The number of aromatic nitrogens is 2. The number of nitrogens with zero attached hydrogens (tertiary/aromatic N) is 2. The zero-order valence-electron chi connectivity index (χ0n) is 16.8. The number of anilines is 1. The Kier molecular flexibility index (Phi) is 5.30. The van der Waals surface area contributed by atoms with Crippen molar-refractivity contribution in [3.05, 3.63) is 106 Å². The van der Waals surface area contributed by atoms with Crippen LogP contribution in [0.25, 0.3) is 11.5 Å². The van der Waals surface area contributed by atoms with Crippen molar-refractivity contribution in [3.63, 3.8) is 0 Å². The van der Waals surface area contributed by atoms with Crippen LogP contribution in [0.4, 0.5) is 5.69 Å². The van der Waals surface area contributed by atoms with Crippen LogP contribution in [-0.4, -0.2) is 15.5 Å². The van der Waals surface area contributed by atoms with Crippen molar-refractivity contribution < 1.29 is 9.21 Å². The van der Waals surface area contributed by atoms with E-state index in [9.17, 15) is 9.59 Å². The zero-order valence-corrected chi connectivity index (χ0v) is 16.8. The maximum absolute atomic E-state index is 13.2. The van der Waals surface area contributed by atoms with Gasteiger partial charge >= 0.3 is 0 Å². The molecule has 0 saturated carbocycles. The third kappa shape index (κ3) is 3.80. The van der Waals surface area contributed by atoms with Gasteiger partial charge in [0.15, 0.2) is 11.2 Å². The second kappa shape index (κ2) is 8.21. The average Bonchev–Trinajstić information content (AvgIpc) is 3.26. The molecule has 0 aliphatic carbocycles. The molecule has 30 heavy (non-hydrogen) atoms. The lowest BCUT2D eigenvalue weighted by Crippen LogP contribution is -2.27. The van der Waals surface area contributed by atoms with Gasteiger partial charge in [0.25, 0.3) is 5.91 Å². The van der Waals surface area contributed by atoms with E-state index < -0.39 is 5.91 Å². The molecule has 0 saturated heterocycles. The molecule has 0 aliphatic heterocycles. The minimum Gasteiger partial charge on any atom is -0.463 e. The van der Waals surface area contributed by atoms with Gasteiger partial charge in [0.05, 0.1) is 18.5 Å². The van der Waals surface area contributed by atoms with Crippen LogP contribution in [0.15, 0.2) is 82.3 Å². The van der Waals surface area contributed by atoms with Crippen molar-refractivity contribution in [1.29, 1.82) is 0 Å². The van der Waals surface area contributed by atoms with Crippen molar-refractivity contribution in [2.45, 2.75) is 20.4 Å². The summed E-state index contributed by atoms with van der Waals surface area (Å²) >= 11 is 0. The van der Waals surface area contributed by atoms with Gasteiger partial charge in [0.2, 0.25) is 0 Å². The van der Waals surface area contributed by atoms with E-state index in [1.807, 2.05) is 54.8 Å². The number of pyridine rings is 2. The molecule has 0 spiro atoms. The first-order chi connectivity index (χ1) is 14.5. The van der Waals surface area contributed by atoms with Gasteiger partial charge in [-0.25, -0.2) is 0 Å². The minimum atomic E-state index is -0.476. The van der Waals surface area contributed by atoms with Gasteiger partial charge in [0, 0.05) is 23.6 Å². The third-order valence-corrected chi connectivity index (χ3v) is 4.94. The number of rotatable bonds is 5. The molecule has 0 atom stereocenters. The Balaban J connectivity index is 1.87. The lowest BCUT2D eigenvalue weighted by atomic mass is 10.1. The smallest absolute Gasteiger partial charge is 0.261 e. The SMILES string of the molecule is Cc1ccccc1NC(=O)c1c(-c2ccco2)n(Cc2ccccn2)c(C)cc1=O. The molecule has 0 unspecified atom stereocenters.